The van der Waals surface area contributed by atoms with Crippen LogP contribution < -0.4 is 0 Å². The second-order valence-corrected chi connectivity index (χ2v) is 3.90. The minimum absolute atomic E-state index is 0.0287. The van der Waals surface area contributed by atoms with E-state index in [-0.39, 0.29) is 12.5 Å². The van der Waals surface area contributed by atoms with Crippen molar-refractivity contribution in [3.05, 3.63) is 17.7 Å². The van der Waals surface area contributed by atoms with Crippen molar-refractivity contribution in [1.82, 2.24) is 0 Å². The van der Waals surface area contributed by atoms with Crippen molar-refractivity contribution in [1.29, 1.82) is 5.26 Å². The Morgan fingerprint density at radius 3 is 2.60 bits per heavy atom. The van der Waals surface area contributed by atoms with Crippen molar-refractivity contribution in [3.8, 4) is 6.07 Å². The van der Waals surface area contributed by atoms with Gasteiger partial charge in [-0.2, -0.15) is 18.4 Å². The van der Waals surface area contributed by atoms with Crippen LogP contribution in [0, 0.1) is 11.3 Å². The number of nitrogens with zero attached hydrogens (tertiary/aromatic N) is 3. The lowest BCUT2D eigenvalue weighted by molar-refractivity contribution is -0.143. The normalized spacial score (nSPS) is 12.6. The van der Waals surface area contributed by atoms with Gasteiger partial charge in [-0.1, -0.05) is 19.8 Å². The molecule has 0 rings (SSSR count). The molecule has 0 bridgehead atoms. The second kappa shape index (κ2) is 8.88. The smallest absolute Gasteiger partial charge is 0.449 e. The van der Waals surface area contributed by atoms with Gasteiger partial charge in [-0.25, -0.2) is 4.79 Å². The molecule has 0 aliphatic rings. The molecule has 0 fully saturated rings. The van der Waals surface area contributed by atoms with Crippen LogP contribution in [-0.4, -0.2) is 28.8 Å². The SMILES string of the molecule is CCCCCC(/C=C/C(F)(F)F)OC(=O)C(C#N)=[N+]=[N-]. The van der Waals surface area contributed by atoms with Crippen LogP contribution in [0.3, 0.4) is 0 Å². The molecule has 0 aromatic carbocycles. The summed E-state index contributed by atoms with van der Waals surface area (Å²) in [6, 6.07) is 1.28. The van der Waals surface area contributed by atoms with Crippen LogP contribution >= 0.6 is 0 Å². The van der Waals surface area contributed by atoms with Gasteiger partial charge in [0.15, 0.2) is 6.07 Å². The molecule has 0 saturated heterocycles. The predicted molar refractivity (Wildman–Crippen MR) is 63.5 cm³/mol. The maximum absolute atomic E-state index is 12.1. The van der Waals surface area contributed by atoms with E-state index in [0.29, 0.717) is 12.5 Å². The van der Waals surface area contributed by atoms with Crippen molar-refractivity contribution < 1.29 is 27.5 Å². The fourth-order valence-corrected chi connectivity index (χ4v) is 1.31. The van der Waals surface area contributed by atoms with Gasteiger partial charge in [-0.3, -0.25) is 0 Å². The Kier molecular flexibility index (Phi) is 7.94. The van der Waals surface area contributed by atoms with Gasteiger partial charge in [0.2, 0.25) is 0 Å². The number of unbranched alkanes of at least 4 members (excludes halogenated alkanes) is 2. The summed E-state index contributed by atoms with van der Waals surface area (Å²) in [6.45, 7) is 1.92. The van der Waals surface area contributed by atoms with E-state index < -0.39 is 24.0 Å². The first kappa shape index (κ1) is 17.9. The highest BCUT2D eigenvalue weighted by molar-refractivity contribution is 6.40. The summed E-state index contributed by atoms with van der Waals surface area (Å²) in [5.41, 5.74) is 7.44. The second-order valence-electron chi connectivity index (χ2n) is 3.90. The molecule has 0 aliphatic heterocycles. The third kappa shape index (κ3) is 8.06. The van der Waals surface area contributed by atoms with Gasteiger partial charge in [-0.15, -0.1) is 4.79 Å². The Morgan fingerprint density at radius 1 is 1.50 bits per heavy atom. The van der Waals surface area contributed by atoms with Crippen LogP contribution in [0.1, 0.15) is 32.6 Å². The number of hydrogen-bond acceptors (Lipinski definition) is 3. The van der Waals surface area contributed by atoms with Crippen LogP contribution in [0.2, 0.25) is 0 Å². The lowest BCUT2D eigenvalue weighted by atomic mass is 10.1. The maximum Gasteiger partial charge on any atom is 0.475 e. The van der Waals surface area contributed by atoms with E-state index >= 15 is 0 Å². The molecular weight excluding hydrogens is 275 g/mol. The summed E-state index contributed by atoms with van der Waals surface area (Å²) in [7, 11) is 0. The van der Waals surface area contributed by atoms with Gasteiger partial charge in [0.05, 0.1) is 0 Å². The number of rotatable bonds is 7. The molecule has 0 saturated carbocycles. The first-order valence-corrected chi connectivity index (χ1v) is 5.93. The predicted octanol–water partition coefficient (Wildman–Crippen LogP) is 2.79. The van der Waals surface area contributed by atoms with Gasteiger partial charge in [-0.05, 0) is 18.9 Å². The first-order valence-electron chi connectivity index (χ1n) is 5.93. The summed E-state index contributed by atoms with van der Waals surface area (Å²) in [4.78, 5) is 13.7. The highest BCUT2D eigenvalue weighted by Crippen LogP contribution is 2.18. The number of alkyl halides is 3. The minimum atomic E-state index is -4.52. The standard InChI is InChI=1S/C12H14F3N3O2/c1-2-3-4-5-9(6-7-12(13,14)15)20-11(19)10(8-16)18-17/h6-7,9H,2-5H2,1H3/b7-6+. The lowest BCUT2D eigenvalue weighted by Gasteiger charge is -2.12. The Hall–Kier alpha value is -2.13. The van der Waals surface area contributed by atoms with E-state index in [1.807, 2.05) is 6.92 Å². The van der Waals surface area contributed by atoms with Gasteiger partial charge >= 0.3 is 17.9 Å². The number of esters is 1. The molecular formula is C12H14F3N3O2. The number of halogens is 3. The topological polar surface area (TPSA) is 86.5 Å². The minimum Gasteiger partial charge on any atom is -0.449 e. The molecule has 20 heavy (non-hydrogen) atoms. The molecule has 0 aliphatic carbocycles. The van der Waals surface area contributed by atoms with E-state index in [4.69, 9.17) is 15.5 Å². The molecule has 0 spiro atoms. The third-order valence-corrected chi connectivity index (χ3v) is 2.25. The van der Waals surface area contributed by atoms with Crippen molar-refractivity contribution in [3.63, 3.8) is 0 Å². The van der Waals surface area contributed by atoms with Gasteiger partial charge in [0, 0.05) is 6.08 Å². The number of carbonyl (C=O) groups is 1. The number of ether oxygens (including phenoxy) is 1. The third-order valence-electron chi connectivity index (χ3n) is 2.25. The molecule has 8 heteroatoms. The summed E-state index contributed by atoms with van der Waals surface area (Å²) in [5, 5.41) is 8.44. The van der Waals surface area contributed by atoms with Crippen molar-refractivity contribution in [2.75, 3.05) is 0 Å². The summed E-state index contributed by atoms with van der Waals surface area (Å²) in [6.07, 6.45) is -2.58. The molecule has 110 valence electrons. The first-order chi connectivity index (χ1) is 9.34. The molecule has 5 nitrogen and oxygen atoms in total. The summed E-state index contributed by atoms with van der Waals surface area (Å²) < 4.78 is 41.0. The maximum atomic E-state index is 12.1. The van der Waals surface area contributed by atoms with Crippen LogP contribution in [0.15, 0.2) is 12.2 Å². The Balaban J connectivity index is 4.77. The summed E-state index contributed by atoms with van der Waals surface area (Å²) >= 11 is 0. The Bertz CT molecular complexity index is 446. The zero-order valence-electron chi connectivity index (χ0n) is 10.9. The van der Waals surface area contributed by atoms with E-state index in [2.05, 4.69) is 4.79 Å². The van der Waals surface area contributed by atoms with Crippen LogP contribution in [0.25, 0.3) is 5.53 Å². The average molecular weight is 289 g/mol. The zero-order valence-corrected chi connectivity index (χ0v) is 10.9. The molecule has 0 aromatic rings. The van der Waals surface area contributed by atoms with E-state index in [9.17, 15) is 18.0 Å². The van der Waals surface area contributed by atoms with Crippen molar-refractivity contribution in [2.45, 2.75) is 44.9 Å². The molecule has 0 N–H and O–H groups in total. The number of allylic oxidation sites excluding steroid dienone is 1. The van der Waals surface area contributed by atoms with Crippen LogP contribution in [0.5, 0.6) is 0 Å². The quantitative estimate of drug-likeness (QED) is 0.180. The molecule has 1 unspecified atom stereocenters. The largest absolute Gasteiger partial charge is 0.475 e. The van der Waals surface area contributed by atoms with Crippen LogP contribution in [-0.2, 0) is 9.53 Å². The molecule has 1 atom stereocenters. The van der Waals surface area contributed by atoms with Crippen LogP contribution in [0.4, 0.5) is 13.2 Å². The number of hydrogen-bond donors (Lipinski definition) is 0. The van der Waals surface area contributed by atoms with Crippen molar-refractivity contribution in [2.24, 2.45) is 0 Å². The molecule has 0 radical (unpaired) electrons. The fraction of sp³-hybridized carbons (Fsp3) is 0.583. The number of carbonyl (C=O) groups excluding carboxylic acids is 1. The van der Waals surface area contributed by atoms with Gasteiger partial charge < -0.3 is 10.3 Å². The fourth-order valence-electron chi connectivity index (χ4n) is 1.31. The van der Waals surface area contributed by atoms with E-state index in [1.54, 1.807) is 0 Å². The summed E-state index contributed by atoms with van der Waals surface area (Å²) in [5.74, 6) is -1.26. The van der Waals surface area contributed by atoms with E-state index in [1.165, 1.54) is 6.07 Å². The highest BCUT2D eigenvalue weighted by Gasteiger charge is 2.27. The molecule has 0 aromatic heterocycles. The van der Waals surface area contributed by atoms with Crippen molar-refractivity contribution >= 4 is 11.7 Å². The monoisotopic (exact) mass is 289 g/mol. The number of nitriles is 1. The Morgan fingerprint density at radius 2 is 2.15 bits per heavy atom. The molecule has 0 amide bonds. The zero-order chi connectivity index (χ0) is 15.6. The van der Waals surface area contributed by atoms with Gasteiger partial charge in [0.25, 0.3) is 0 Å². The highest BCUT2D eigenvalue weighted by atomic mass is 19.4. The molecule has 0 heterocycles. The van der Waals surface area contributed by atoms with Gasteiger partial charge in [0.1, 0.15) is 6.10 Å². The van der Waals surface area contributed by atoms with E-state index in [0.717, 1.165) is 12.8 Å². The Labute approximate surface area is 114 Å². The average Bonchev–Trinajstić information content (AvgIpc) is 2.36. The lowest BCUT2D eigenvalue weighted by Crippen LogP contribution is -2.23.